The average Bonchev–Trinajstić information content (AvgIpc) is 2.51. The van der Waals surface area contributed by atoms with Gasteiger partial charge in [0, 0.05) is 18.9 Å². The fourth-order valence-corrected chi connectivity index (χ4v) is 2.49. The summed E-state index contributed by atoms with van der Waals surface area (Å²) in [6.07, 6.45) is 1.59. The molecular formula is C18H22N4O2. The van der Waals surface area contributed by atoms with Gasteiger partial charge in [0.25, 0.3) is 0 Å². The summed E-state index contributed by atoms with van der Waals surface area (Å²) in [5.74, 6) is 0.198. The molecule has 2 aromatic rings. The van der Waals surface area contributed by atoms with E-state index in [1.54, 1.807) is 31.4 Å². The average molecular weight is 326 g/mol. The Bertz CT molecular complexity index is 721. The molecule has 0 aliphatic carbocycles. The minimum Gasteiger partial charge on any atom is -0.324 e. The van der Waals surface area contributed by atoms with E-state index in [1.165, 1.54) is 4.90 Å². The van der Waals surface area contributed by atoms with Crippen molar-refractivity contribution in [3.05, 3.63) is 53.2 Å². The molecule has 0 radical (unpaired) electrons. The molecule has 0 atom stereocenters. The lowest BCUT2D eigenvalue weighted by Gasteiger charge is -2.18. The van der Waals surface area contributed by atoms with Gasteiger partial charge in [0.1, 0.15) is 12.4 Å². The molecule has 2 rings (SSSR count). The number of amides is 3. The second-order valence-corrected chi connectivity index (χ2v) is 5.82. The maximum atomic E-state index is 12.2. The van der Waals surface area contributed by atoms with Crippen LogP contribution in [0.15, 0.2) is 36.5 Å². The van der Waals surface area contributed by atoms with E-state index < -0.39 is 0 Å². The lowest BCUT2D eigenvalue weighted by Crippen LogP contribution is -2.38. The van der Waals surface area contributed by atoms with Gasteiger partial charge < -0.3 is 10.2 Å². The molecule has 1 aromatic carbocycles. The SMILES string of the molecule is Cc1cc(C)c(NC(=O)CN(C)C(=O)Nc2ccccn2)c(C)c1. The van der Waals surface area contributed by atoms with Crippen molar-refractivity contribution >= 4 is 23.4 Å². The van der Waals surface area contributed by atoms with E-state index in [0.29, 0.717) is 5.82 Å². The summed E-state index contributed by atoms with van der Waals surface area (Å²) in [7, 11) is 1.56. The molecule has 0 saturated heterocycles. The molecule has 3 amide bonds. The van der Waals surface area contributed by atoms with Crippen LogP contribution in [0.2, 0.25) is 0 Å². The Morgan fingerprint density at radius 1 is 1.08 bits per heavy atom. The monoisotopic (exact) mass is 326 g/mol. The quantitative estimate of drug-likeness (QED) is 0.906. The summed E-state index contributed by atoms with van der Waals surface area (Å²) in [5, 5.41) is 5.52. The van der Waals surface area contributed by atoms with Crippen LogP contribution in [0.1, 0.15) is 16.7 Å². The molecule has 0 spiro atoms. The van der Waals surface area contributed by atoms with Crippen LogP contribution in [-0.4, -0.2) is 35.4 Å². The first-order valence-corrected chi connectivity index (χ1v) is 7.67. The third-order valence-corrected chi connectivity index (χ3v) is 3.57. The van der Waals surface area contributed by atoms with Gasteiger partial charge in [-0.05, 0) is 44.0 Å². The molecule has 0 fully saturated rings. The van der Waals surface area contributed by atoms with E-state index in [2.05, 4.69) is 15.6 Å². The van der Waals surface area contributed by atoms with Crippen molar-refractivity contribution in [1.29, 1.82) is 0 Å². The number of aryl methyl sites for hydroxylation is 3. The van der Waals surface area contributed by atoms with Gasteiger partial charge in [0.05, 0.1) is 0 Å². The van der Waals surface area contributed by atoms with Crippen LogP contribution in [0, 0.1) is 20.8 Å². The number of urea groups is 1. The highest BCUT2D eigenvalue weighted by Gasteiger charge is 2.15. The molecule has 6 heteroatoms. The summed E-state index contributed by atoms with van der Waals surface area (Å²) < 4.78 is 0. The number of hydrogen-bond acceptors (Lipinski definition) is 3. The Morgan fingerprint density at radius 2 is 1.75 bits per heavy atom. The lowest BCUT2D eigenvalue weighted by atomic mass is 10.1. The van der Waals surface area contributed by atoms with E-state index >= 15 is 0 Å². The van der Waals surface area contributed by atoms with Crippen molar-refractivity contribution in [2.75, 3.05) is 24.2 Å². The van der Waals surface area contributed by atoms with Crippen molar-refractivity contribution in [2.45, 2.75) is 20.8 Å². The number of carbonyl (C=O) groups is 2. The van der Waals surface area contributed by atoms with E-state index in [0.717, 1.165) is 22.4 Å². The number of carbonyl (C=O) groups excluding carboxylic acids is 2. The molecule has 0 aliphatic rings. The Balaban J connectivity index is 1.96. The normalized spacial score (nSPS) is 10.2. The maximum Gasteiger partial charge on any atom is 0.323 e. The fraction of sp³-hybridized carbons (Fsp3) is 0.278. The molecule has 1 aromatic heterocycles. The zero-order chi connectivity index (χ0) is 17.7. The second kappa shape index (κ2) is 7.59. The largest absolute Gasteiger partial charge is 0.324 e. The number of anilines is 2. The van der Waals surface area contributed by atoms with Gasteiger partial charge in [-0.15, -0.1) is 0 Å². The fourth-order valence-electron chi connectivity index (χ4n) is 2.49. The van der Waals surface area contributed by atoms with Gasteiger partial charge in [0.15, 0.2) is 0 Å². The molecule has 0 bridgehead atoms. The first-order valence-electron chi connectivity index (χ1n) is 7.67. The molecule has 0 aliphatic heterocycles. The molecule has 0 saturated carbocycles. The van der Waals surface area contributed by atoms with Gasteiger partial charge in [-0.1, -0.05) is 23.8 Å². The predicted octanol–water partition coefficient (Wildman–Crippen LogP) is 3.11. The van der Waals surface area contributed by atoms with Crippen LogP contribution in [0.25, 0.3) is 0 Å². The molecule has 2 N–H and O–H groups in total. The lowest BCUT2D eigenvalue weighted by molar-refractivity contribution is -0.116. The molecule has 6 nitrogen and oxygen atoms in total. The molecule has 0 unspecified atom stereocenters. The number of likely N-dealkylation sites (N-methyl/N-ethyl adjacent to an activating group) is 1. The van der Waals surface area contributed by atoms with Crippen molar-refractivity contribution < 1.29 is 9.59 Å². The van der Waals surface area contributed by atoms with Crippen LogP contribution in [0.3, 0.4) is 0 Å². The van der Waals surface area contributed by atoms with Crippen molar-refractivity contribution in [1.82, 2.24) is 9.88 Å². The van der Waals surface area contributed by atoms with Gasteiger partial charge >= 0.3 is 6.03 Å². The summed E-state index contributed by atoms with van der Waals surface area (Å²) in [5.41, 5.74) is 3.95. The number of benzene rings is 1. The highest BCUT2D eigenvalue weighted by Crippen LogP contribution is 2.21. The first kappa shape index (κ1) is 17.5. The van der Waals surface area contributed by atoms with Crippen molar-refractivity contribution in [3.8, 4) is 0 Å². The minimum absolute atomic E-state index is 0.0502. The number of aromatic nitrogens is 1. The Labute approximate surface area is 141 Å². The van der Waals surface area contributed by atoms with Gasteiger partial charge in [-0.25, -0.2) is 9.78 Å². The van der Waals surface area contributed by atoms with E-state index in [-0.39, 0.29) is 18.5 Å². The topological polar surface area (TPSA) is 74.3 Å². The number of nitrogens with one attached hydrogen (secondary N) is 2. The van der Waals surface area contributed by atoms with E-state index in [4.69, 9.17) is 0 Å². The zero-order valence-corrected chi connectivity index (χ0v) is 14.4. The Hall–Kier alpha value is -2.89. The first-order chi connectivity index (χ1) is 11.4. The molecular weight excluding hydrogens is 304 g/mol. The smallest absolute Gasteiger partial charge is 0.323 e. The van der Waals surface area contributed by atoms with E-state index in [9.17, 15) is 9.59 Å². The Kier molecular flexibility index (Phi) is 5.52. The third kappa shape index (κ3) is 4.55. The summed E-state index contributed by atoms with van der Waals surface area (Å²) in [6, 6.07) is 8.86. The maximum absolute atomic E-state index is 12.2. The van der Waals surface area contributed by atoms with Crippen molar-refractivity contribution in [3.63, 3.8) is 0 Å². The minimum atomic E-state index is -0.388. The number of hydrogen-bond donors (Lipinski definition) is 2. The third-order valence-electron chi connectivity index (χ3n) is 3.57. The highest BCUT2D eigenvalue weighted by atomic mass is 16.2. The summed E-state index contributed by atoms with van der Waals surface area (Å²) in [4.78, 5) is 29.6. The standard InChI is InChI=1S/C18H22N4O2/c1-12-9-13(2)17(14(3)10-12)21-16(23)11-22(4)18(24)20-15-7-5-6-8-19-15/h5-10H,11H2,1-4H3,(H,21,23)(H,19,20,24). The Morgan fingerprint density at radius 3 is 2.33 bits per heavy atom. The molecule has 24 heavy (non-hydrogen) atoms. The van der Waals surface area contributed by atoms with Crippen LogP contribution < -0.4 is 10.6 Å². The number of rotatable bonds is 4. The second-order valence-electron chi connectivity index (χ2n) is 5.82. The van der Waals surface area contributed by atoms with Gasteiger partial charge in [0.2, 0.25) is 5.91 Å². The van der Waals surface area contributed by atoms with Crippen LogP contribution in [-0.2, 0) is 4.79 Å². The molecule has 1 heterocycles. The zero-order valence-electron chi connectivity index (χ0n) is 14.4. The van der Waals surface area contributed by atoms with Crippen LogP contribution in [0.4, 0.5) is 16.3 Å². The number of nitrogens with zero attached hydrogens (tertiary/aromatic N) is 2. The van der Waals surface area contributed by atoms with Crippen LogP contribution in [0.5, 0.6) is 0 Å². The van der Waals surface area contributed by atoms with Gasteiger partial charge in [-0.3, -0.25) is 10.1 Å². The van der Waals surface area contributed by atoms with Crippen molar-refractivity contribution in [2.24, 2.45) is 0 Å². The predicted molar refractivity (Wildman–Crippen MR) is 95.2 cm³/mol. The van der Waals surface area contributed by atoms with Gasteiger partial charge in [-0.2, -0.15) is 0 Å². The highest BCUT2D eigenvalue weighted by molar-refractivity contribution is 5.97. The van der Waals surface area contributed by atoms with Crippen LogP contribution >= 0.6 is 0 Å². The van der Waals surface area contributed by atoms with E-state index in [1.807, 2.05) is 32.9 Å². The molecule has 126 valence electrons. The summed E-state index contributed by atoms with van der Waals surface area (Å²) in [6.45, 7) is 5.87. The number of pyridine rings is 1. The summed E-state index contributed by atoms with van der Waals surface area (Å²) >= 11 is 0.